The van der Waals surface area contributed by atoms with Crippen molar-refractivity contribution < 1.29 is 22.8 Å². The Balaban J connectivity index is 3.00. The van der Waals surface area contributed by atoms with Gasteiger partial charge in [0.1, 0.15) is 6.61 Å². The smallest absolute Gasteiger partial charge is 0.277 e. The van der Waals surface area contributed by atoms with Gasteiger partial charge in [0.15, 0.2) is 21.3 Å². The molecule has 0 spiro atoms. The number of alkyl halides is 1. The van der Waals surface area contributed by atoms with E-state index in [0.29, 0.717) is 16.6 Å². The summed E-state index contributed by atoms with van der Waals surface area (Å²) in [6.45, 7) is 1.46. The molecule has 0 aliphatic carbocycles. The molecule has 0 amide bonds. The van der Waals surface area contributed by atoms with Gasteiger partial charge in [0.05, 0.1) is 23.9 Å². The van der Waals surface area contributed by atoms with Gasteiger partial charge < -0.3 is 9.47 Å². The van der Waals surface area contributed by atoms with E-state index in [2.05, 4.69) is 15.9 Å². The van der Waals surface area contributed by atoms with Crippen LogP contribution < -0.4 is 9.47 Å². The SMILES string of the molecule is CCS(=O)(=O)CCOc1cc([N+](=O)[O-])c(CBr)cc1OC. The van der Waals surface area contributed by atoms with E-state index in [9.17, 15) is 18.5 Å². The zero-order valence-electron chi connectivity index (χ0n) is 11.7. The lowest BCUT2D eigenvalue weighted by molar-refractivity contribution is -0.385. The van der Waals surface area contributed by atoms with E-state index in [1.54, 1.807) is 6.92 Å². The molecule has 1 rings (SSSR count). The Bertz CT molecular complexity index is 616. The molecule has 0 aromatic heterocycles. The highest BCUT2D eigenvalue weighted by Gasteiger charge is 2.19. The molecule has 0 heterocycles. The highest BCUT2D eigenvalue weighted by molar-refractivity contribution is 9.08. The molecular weight excluding hydrogens is 366 g/mol. The lowest BCUT2D eigenvalue weighted by atomic mass is 10.2. The van der Waals surface area contributed by atoms with Gasteiger partial charge >= 0.3 is 0 Å². The Kier molecular flexibility index (Phi) is 6.41. The fourth-order valence-electron chi connectivity index (χ4n) is 1.56. The van der Waals surface area contributed by atoms with Crippen molar-refractivity contribution in [1.29, 1.82) is 0 Å². The lowest BCUT2D eigenvalue weighted by Gasteiger charge is -2.12. The summed E-state index contributed by atoms with van der Waals surface area (Å²) in [4.78, 5) is 10.5. The molecule has 0 aliphatic heterocycles. The Morgan fingerprint density at radius 2 is 2.00 bits per heavy atom. The van der Waals surface area contributed by atoms with Crippen LogP contribution in [0.5, 0.6) is 11.5 Å². The van der Waals surface area contributed by atoms with Gasteiger partial charge in [0.2, 0.25) is 0 Å². The number of nitro benzene ring substituents is 1. The minimum absolute atomic E-state index is 0.0240. The zero-order valence-corrected chi connectivity index (χ0v) is 14.1. The average Bonchev–Trinajstić information content (AvgIpc) is 2.46. The van der Waals surface area contributed by atoms with Crippen LogP contribution in [0.25, 0.3) is 0 Å². The quantitative estimate of drug-likeness (QED) is 0.389. The van der Waals surface area contributed by atoms with Crippen LogP contribution in [0, 0.1) is 10.1 Å². The number of ether oxygens (including phenoxy) is 2. The predicted octanol–water partition coefficient (Wildman–Crippen LogP) is 2.31. The number of benzene rings is 1. The molecule has 9 heteroatoms. The predicted molar refractivity (Wildman–Crippen MR) is 82.1 cm³/mol. The molecule has 0 radical (unpaired) electrons. The van der Waals surface area contributed by atoms with Gasteiger partial charge in [-0.25, -0.2) is 8.42 Å². The third-order valence-corrected chi connectivity index (χ3v) is 5.07. The van der Waals surface area contributed by atoms with E-state index in [-0.39, 0.29) is 29.5 Å². The molecule has 0 saturated carbocycles. The average molecular weight is 382 g/mol. The van der Waals surface area contributed by atoms with Crippen LogP contribution in [0.2, 0.25) is 0 Å². The first kappa shape index (κ1) is 17.7. The van der Waals surface area contributed by atoms with Crippen molar-refractivity contribution in [1.82, 2.24) is 0 Å². The topological polar surface area (TPSA) is 95.7 Å². The molecule has 118 valence electrons. The third-order valence-electron chi connectivity index (χ3n) is 2.80. The number of halogens is 1. The molecular formula is C12H16BrNO6S. The fraction of sp³-hybridized carbons (Fsp3) is 0.500. The van der Waals surface area contributed by atoms with Crippen molar-refractivity contribution in [2.45, 2.75) is 12.3 Å². The second-order valence-corrected chi connectivity index (χ2v) is 7.14. The summed E-state index contributed by atoms with van der Waals surface area (Å²) >= 11 is 3.17. The van der Waals surface area contributed by atoms with E-state index in [1.165, 1.54) is 19.2 Å². The number of hydrogen-bond acceptors (Lipinski definition) is 6. The van der Waals surface area contributed by atoms with Gasteiger partial charge in [-0.15, -0.1) is 0 Å². The molecule has 1 aromatic carbocycles. The highest BCUT2D eigenvalue weighted by atomic mass is 79.9. The lowest BCUT2D eigenvalue weighted by Crippen LogP contribution is -2.16. The second-order valence-electron chi connectivity index (χ2n) is 4.11. The summed E-state index contributed by atoms with van der Waals surface area (Å²) in [6, 6.07) is 2.74. The molecule has 0 fully saturated rings. The van der Waals surface area contributed by atoms with Gasteiger partial charge in [-0.1, -0.05) is 22.9 Å². The molecule has 0 unspecified atom stereocenters. The maximum absolute atomic E-state index is 11.4. The number of nitrogens with zero attached hydrogens (tertiary/aromatic N) is 1. The monoisotopic (exact) mass is 381 g/mol. The van der Waals surface area contributed by atoms with Crippen molar-refractivity contribution in [3.63, 3.8) is 0 Å². The minimum Gasteiger partial charge on any atom is -0.493 e. The van der Waals surface area contributed by atoms with Crippen LogP contribution in [0.1, 0.15) is 12.5 Å². The Morgan fingerprint density at radius 3 is 2.48 bits per heavy atom. The molecule has 21 heavy (non-hydrogen) atoms. The van der Waals surface area contributed by atoms with Crippen LogP contribution >= 0.6 is 15.9 Å². The van der Waals surface area contributed by atoms with Crippen LogP contribution in [-0.4, -0.2) is 38.6 Å². The van der Waals surface area contributed by atoms with Gasteiger partial charge in [-0.3, -0.25) is 10.1 Å². The third kappa shape index (κ3) is 4.85. The van der Waals surface area contributed by atoms with Gasteiger partial charge in [0, 0.05) is 16.6 Å². The second kappa shape index (κ2) is 7.60. The Morgan fingerprint density at radius 1 is 1.33 bits per heavy atom. The number of methoxy groups -OCH3 is 1. The van der Waals surface area contributed by atoms with Crippen molar-refractivity contribution in [2.24, 2.45) is 0 Å². The highest BCUT2D eigenvalue weighted by Crippen LogP contribution is 2.35. The number of hydrogen-bond donors (Lipinski definition) is 0. The van der Waals surface area contributed by atoms with E-state index in [1.807, 2.05) is 0 Å². The van der Waals surface area contributed by atoms with E-state index < -0.39 is 14.8 Å². The summed E-state index contributed by atoms with van der Waals surface area (Å²) in [7, 11) is -1.74. The maximum atomic E-state index is 11.4. The van der Waals surface area contributed by atoms with Crippen LogP contribution in [0.4, 0.5) is 5.69 Å². The molecule has 7 nitrogen and oxygen atoms in total. The summed E-state index contributed by atoms with van der Waals surface area (Å²) < 4.78 is 33.2. The molecule has 0 atom stereocenters. The van der Waals surface area contributed by atoms with Crippen LogP contribution in [0.3, 0.4) is 0 Å². The van der Waals surface area contributed by atoms with Crippen molar-refractivity contribution >= 4 is 31.5 Å². The normalized spacial score (nSPS) is 11.2. The fourth-order valence-corrected chi connectivity index (χ4v) is 2.64. The molecule has 0 N–H and O–H groups in total. The Hall–Kier alpha value is -1.35. The largest absolute Gasteiger partial charge is 0.493 e. The summed E-state index contributed by atoms with van der Waals surface area (Å²) in [5, 5.41) is 11.3. The maximum Gasteiger partial charge on any atom is 0.277 e. The van der Waals surface area contributed by atoms with Crippen molar-refractivity contribution in [3.05, 3.63) is 27.8 Å². The van der Waals surface area contributed by atoms with Crippen molar-refractivity contribution in [3.8, 4) is 11.5 Å². The van der Waals surface area contributed by atoms with Gasteiger partial charge in [-0.2, -0.15) is 0 Å². The molecule has 0 bridgehead atoms. The minimum atomic E-state index is -3.16. The number of rotatable bonds is 8. The Labute approximate surface area is 131 Å². The first-order chi connectivity index (χ1) is 9.84. The van der Waals surface area contributed by atoms with Crippen LogP contribution in [-0.2, 0) is 15.2 Å². The zero-order chi connectivity index (χ0) is 16.0. The standard InChI is InChI=1S/C12H16BrNO6S/c1-3-21(17,18)5-4-20-12-7-10(14(15)16)9(8-13)6-11(12)19-2/h6-7H,3-5,8H2,1-2H3. The number of sulfone groups is 1. The number of nitro groups is 1. The first-order valence-corrected chi connectivity index (χ1v) is 9.03. The summed E-state index contributed by atoms with van der Waals surface area (Å²) in [6.07, 6.45) is 0. The summed E-state index contributed by atoms with van der Waals surface area (Å²) in [5.41, 5.74) is 0.339. The molecule has 1 aromatic rings. The van der Waals surface area contributed by atoms with E-state index in [0.717, 1.165) is 0 Å². The van der Waals surface area contributed by atoms with Crippen molar-refractivity contribution in [2.75, 3.05) is 25.2 Å². The molecule has 0 saturated heterocycles. The first-order valence-electron chi connectivity index (χ1n) is 6.09. The van der Waals surface area contributed by atoms with Gasteiger partial charge in [0.25, 0.3) is 5.69 Å². The molecule has 0 aliphatic rings. The summed E-state index contributed by atoms with van der Waals surface area (Å²) in [5.74, 6) is 0.348. The van der Waals surface area contributed by atoms with Gasteiger partial charge in [-0.05, 0) is 6.07 Å². The van der Waals surface area contributed by atoms with E-state index in [4.69, 9.17) is 9.47 Å². The van der Waals surface area contributed by atoms with Crippen LogP contribution in [0.15, 0.2) is 12.1 Å². The van der Waals surface area contributed by atoms with E-state index >= 15 is 0 Å².